The summed E-state index contributed by atoms with van der Waals surface area (Å²) in [7, 11) is 0. The molecule has 1 aliphatic carbocycles. The van der Waals surface area contributed by atoms with Crippen molar-refractivity contribution in [2.24, 2.45) is 0 Å². The van der Waals surface area contributed by atoms with E-state index in [4.69, 9.17) is 4.74 Å². The lowest BCUT2D eigenvalue weighted by atomic mass is 9.92. The minimum Gasteiger partial charge on any atom is -0.494 e. The van der Waals surface area contributed by atoms with Gasteiger partial charge in [-0.3, -0.25) is 0 Å². The molecule has 2 heteroatoms. The smallest absolute Gasteiger partial charge is 0.119 e. The van der Waals surface area contributed by atoms with Gasteiger partial charge in [0.2, 0.25) is 0 Å². The van der Waals surface area contributed by atoms with Gasteiger partial charge >= 0.3 is 0 Å². The van der Waals surface area contributed by atoms with E-state index in [9.17, 15) is 5.11 Å². The third kappa shape index (κ3) is 2.15. The Bertz CT molecular complexity index is 327. The Kier molecular flexibility index (Phi) is 2.96. The molecule has 1 aromatic carbocycles. The molecule has 0 heterocycles. The monoisotopic (exact) mass is 206 g/mol. The fourth-order valence-electron chi connectivity index (χ4n) is 2.29. The van der Waals surface area contributed by atoms with Gasteiger partial charge < -0.3 is 9.84 Å². The zero-order valence-electron chi connectivity index (χ0n) is 9.20. The van der Waals surface area contributed by atoms with Crippen LogP contribution in [0.2, 0.25) is 0 Å². The van der Waals surface area contributed by atoms with E-state index in [2.05, 4.69) is 0 Å². The summed E-state index contributed by atoms with van der Waals surface area (Å²) in [5.41, 5.74) is 0.401. The van der Waals surface area contributed by atoms with Crippen LogP contribution in [0.3, 0.4) is 0 Å². The van der Waals surface area contributed by atoms with Crippen molar-refractivity contribution < 1.29 is 9.84 Å². The number of rotatable bonds is 3. The van der Waals surface area contributed by atoms with Crippen LogP contribution in [0, 0.1) is 0 Å². The van der Waals surface area contributed by atoms with E-state index in [1.807, 2.05) is 31.2 Å². The summed E-state index contributed by atoms with van der Waals surface area (Å²) >= 11 is 0. The molecule has 0 unspecified atom stereocenters. The fraction of sp³-hybridized carbons (Fsp3) is 0.538. The summed E-state index contributed by atoms with van der Waals surface area (Å²) in [5.74, 6) is 0.857. The first-order valence-corrected chi connectivity index (χ1v) is 5.70. The Labute approximate surface area is 90.9 Å². The van der Waals surface area contributed by atoms with Gasteiger partial charge in [0.15, 0.2) is 0 Å². The van der Waals surface area contributed by atoms with Crippen LogP contribution in [0.15, 0.2) is 24.3 Å². The summed E-state index contributed by atoms with van der Waals surface area (Å²) in [5, 5.41) is 10.4. The Morgan fingerprint density at radius 2 is 2.07 bits per heavy atom. The van der Waals surface area contributed by atoms with Crippen molar-refractivity contribution in [3.05, 3.63) is 29.8 Å². The van der Waals surface area contributed by atoms with Gasteiger partial charge in [-0.25, -0.2) is 0 Å². The number of hydrogen-bond donors (Lipinski definition) is 1. The quantitative estimate of drug-likeness (QED) is 0.824. The summed E-state index contributed by atoms with van der Waals surface area (Å²) in [4.78, 5) is 0. The van der Waals surface area contributed by atoms with Gasteiger partial charge in [-0.2, -0.15) is 0 Å². The maximum absolute atomic E-state index is 10.4. The fourth-order valence-corrected chi connectivity index (χ4v) is 2.29. The second-order valence-corrected chi connectivity index (χ2v) is 4.20. The Balaban J connectivity index is 2.23. The molecule has 2 nitrogen and oxygen atoms in total. The summed E-state index contributed by atoms with van der Waals surface area (Å²) in [6.07, 6.45) is 4.00. The van der Waals surface area contributed by atoms with E-state index < -0.39 is 5.60 Å². The first-order valence-electron chi connectivity index (χ1n) is 5.70. The molecule has 1 aromatic rings. The summed E-state index contributed by atoms with van der Waals surface area (Å²) in [6, 6.07) is 7.85. The lowest BCUT2D eigenvalue weighted by molar-refractivity contribution is 0.0442. The van der Waals surface area contributed by atoms with E-state index in [0.717, 1.165) is 37.0 Å². The first-order chi connectivity index (χ1) is 7.24. The van der Waals surface area contributed by atoms with Crippen LogP contribution in [0.5, 0.6) is 5.75 Å². The number of aliphatic hydroxyl groups is 1. The number of hydrogen-bond acceptors (Lipinski definition) is 2. The van der Waals surface area contributed by atoms with Gasteiger partial charge in [-0.15, -0.1) is 0 Å². The van der Waals surface area contributed by atoms with Gasteiger partial charge in [0.1, 0.15) is 5.75 Å². The molecule has 1 fully saturated rings. The maximum atomic E-state index is 10.4. The molecule has 1 saturated carbocycles. The highest BCUT2D eigenvalue weighted by Gasteiger charge is 2.32. The third-order valence-corrected chi connectivity index (χ3v) is 3.11. The van der Waals surface area contributed by atoms with Crippen molar-refractivity contribution in [2.45, 2.75) is 38.2 Å². The van der Waals surface area contributed by atoms with Crippen molar-refractivity contribution >= 4 is 0 Å². The molecular weight excluding hydrogens is 188 g/mol. The molecule has 0 radical (unpaired) electrons. The van der Waals surface area contributed by atoms with E-state index in [1.54, 1.807) is 0 Å². The van der Waals surface area contributed by atoms with Gasteiger partial charge in [0.05, 0.1) is 12.2 Å². The molecule has 1 N–H and O–H groups in total. The highest BCUT2D eigenvalue weighted by molar-refractivity contribution is 5.32. The molecule has 0 bridgehead atoms. The average Bonchev–Trinajstić information content (AvgIpc) is 2.68. The zero-order valence-corrected chi connectivity index (χ0v) is 9.20. The first kappa shape index (κ1) is 10.5. The van der Waals surface area contributed by atoms with E-state index in [-0.39, 0.29) is 0 Å². The van der Waals surface area contributed by atoms with Crippen LogP contribution < -0.4 is 4.74 Å². The van der Waals surface area contributed by atoms with Crippen molar-refractivity contribution in [3.63, 3.8) is 0 Å². The highest BCUT2D eigenvalue weighted by atomic mass is 16.5. The van der Waals surface area contributed by atoms with Gasteiger partial charge in [0.25, 0.3) is 0 Å². The predicted molar refractivity (Wildman–Crippen MR) is 60.0 cm³/mol. The van der Waals surface area contributed by atoms with Crippen LogP contribution >= 0.6 is 0 Å². The lowest BCUT2D eigenvalue weighted by Gasteiger charge is -2.23. The van der Waals surface area contributed by atoms with E-state index in [1.165, 1.54) is 0 Å². The molecule has 1 aliphatic rings. The largest absolute Gasteiger partial charge is 0.494 e. The molecule has 0 spiro atoms. The summed E-state index contributed by atoms with van der Waals surface area (Å²) < 4.78 is 5.44. The second kappa shape index (κ2) is 4.23. The van der Waals surface area contributed by atoms with E-state index in [0.29, 0.717) is 6.61 Å². The van der Waals surface area contributed by atoms with Gasteiger partial charge in [-0.05, 0) is 37.5 Å². The van der Waals surface area contributed by atoms with Crippen molar-refractivity contribution in [1.29, 1.82) is 0 Å². The number of benzene rings is 1. The molecule has 0 aromatic heterocycles. The Morgan fingerprint density at radius 3 is 2.73 bits per heavy atom. The van der Waals surface area contributed by atoms with Crippen LogP contribution in [-0.2, 0) is 5.60 Å². The minimum atomic E-state index is -0.604. The second-order valence-electron chi connectivity index (χ2n) is 4.20. The molecular formula is C13H18O2. The van der Waals surface area contributed by atoms with Crippen LogP contribution in [0.1, 0.15) is 38.2 Å². The highest BCUT2D eigenvalue weighted by Crippen LogP contribution is 2.39. The van der Waals surface area contributed by atoms with Gasteiger partial charge in [0, 0.05) is 0 Å². The predicted octanol–water partition coefficient (Wildman–Crippen LogP) is 2.85. The topological polar surface area (TPSA) is 29.5 Å². The van der Waals surface area contributed by atoms with Crippen LogP contribution in [0.4, 0.5) is 0 Å². The standard InChI is InChI=1S/C13H18O2/c1-2-15-12-7-5-6-11(10-12)13(14)8-3-4-9-13/h5-7,10,14H,2-4,8-9H2,1H3. The Morgan fingerprint density at radius 1 is 1.33 bits per heavy atom. The molecule has 15 heavy (non-hydrogen) atoms. The average molecular weight is 206 g/mol. The van der Waals surface area contributed by atoms with Crippen LogP contribution in [0.25, 0.3) is 0 Å². The lowest BCUT2D eigenvalue weighted by Crippen LogP contribution is -2.20. The molecule has 82 valence electrons. The maximum Gasteiger partial charge on any atom is 0.119 e. The van der Waals surface area contributed by atoms with E-state index >= 15 is 0 Å². The molecule has 0 atom stereocenters. The van der Waals surface area contributed by atoms with Crippen LogP contribution in [-0.4, -0.2) is 11.7 Å². The van der Waals surface area contributed by atoms with Crippen molar-refractivity contribution in [2.75, 3.05) is 6.61 Å². The third-order valence-electron chi connectivity index (χ3n) is 3.11. The Hall–Kier alpha value is -1.02. The van der Waals surface area contributed by atoms with Crippen molar-refractivity contribution in [1.82, 2.24) is 0 Å². The minimum absolute atomic E-state index is 0.604. The molecule has 0 saturated heterocycles. The van der Waals surface area contributed by atoms with Gasteiger partial charge in [-0.1, -0.05) is 25.0 Å². The summed E-state index contributed by atoms with van der Waals surface area (Å²) in [6.45, 7) is 2.64. The molecule has 2 rings (SSSR count). The normalized spacial score (nSPS) is 19.1. The van der Waals surface area contributed by atoms with Crippen molar-refractivity contribution in [3.8, 4) is 5.75 Å². The SMILES string of the molecule is CCOc1cccc(C2(O)CCCC2)c1. The molecule has 0 amide bonds. The molecule has 0 aliphatic heterocycles. The number of ether oxygens (including phenoxy) is 1. The zero-order chi connectivity index (χ0) is 10.7.